The molecule has 1 fully saturated rings. The van der Waals surface area contributed by atoms with Crippen LogP contribution >= 0.6 is 23.8 Å². The monoisotopic (exact) mass is 375 g/mol. The smallest absolute Gasteiger partial charge is 0.270 e. The molecule has 1 N–H and O–H groups in total. The molecule has 4 rings (SSSR count). The van der Waals surface area contributed by atoms with E-state index in [0.717, 1.165) is 11.3 Å². The van der Waals surface area contributed by atoms with Gasteiger partial charge in [0.15, 0.2) is 10.8 Å². The molecule has 0 saturated carbocycles. The third-order valence-electron chi connectivity index (χ3n) is 4.55. The van der Waals surface area contributed by atoms with E-state index >= 15 is 0 Å². The molecule has 0 amide bonds. The van der Waals surface area contributed by atoms with Crippen molar-refractivity contribution in [1.82, 2.24) is 5.32 Å². The lowest BCUT2D eigenvalue weighted by Crippen LogP contribution is -2.65. The lowest BCUT2D eigenvalue weighted by molar-refractivity contribution is -0.385. The molecule has 25 heavy (non-hydrogen) atoms. The predicted octanol–water partition coefficient (Wildman–Crippen LogP) is 4.18. The molecule has 0 spiro atoms. The van der Waals surface area contributed by atoms with Crippen LogP contribution in [0.4, 0.5) is 11.4 Å². The summed E-state index contributed by atoms with van der Waals surface area (Å²) in [6.07, 6.45) is 0.601. The van der Waals surface area contributed by atoms with E-state index in [0.29, 0.717) is 22.3 Å². The Labute approximate surface area is 154 Å². The third kappa shape index (κ3) is 2.60. The van der Waals surface area contributed by atoms with Crippen LogP contribution in [0.25, 0.3) is 0 Å². The molecule has 6 nitrogen and oxygen atoms in total. The first-order valence-corrected chi connectivity index (χ1v) is 8.50. The number of anilines is 1. The van der Waals surface area contributed by atoms with E-state index in [1.807, 2.05) is 24.0 Å². The maximum atomic E-state index is 11.1. The minimum absolute atomic E-state index is 0.0406. The average molecular weight is 376 g/mol. The van der Waals surface area contributed by atoms with Crippen molar-refractivity contribution in [1.29, 1.82) is 0 Å². The highest BCUT2D eigenvalue weighted by atomic mass is 35.5. The van der Waals surface area contributed by atoms with E-state index in [2.05, 4.69) is 5.32 Å². The average Bonchev–Trinajstić information content (AvgIpc) is 2.55. The number of nitrogens with one attached hydrogen (secondary N) is 1. The SMILES string of the molecule is C[C@]12C[C@H](NC(=S)N1c1ccc(Cl)cc1)c1cc([N+](=O)[O-])ccc1O2. The fraction of sp³-hybridized carbons (Fsp3) is 0.235. The van der Waals surface area contributed by atoms with Gasteiger partial charge in [-0.3, -0.25) is 15.0 Å². The molecule has 1 saturated heterocycles. The topological polar surface area (TPSA) is 67.6 Å². The van der Waals surface area contributed by atoms with E-state index in [4.69, 9.17) is 28.6 Å². The molecule has 0 aliphatic carbocycles. The fourth-order valence-corrected chi connectivity index (χ4v) is 4.02. The number of benzene rings is 2. The van der Waals surface area contributed by atoms with Gasteiger partial charge in [0.1, 0.15) is 5.75 Å². The zero-order valence-corrected chi connectivity index (χ0v) is 14.8. The molecule has 0 unspecified atom stereocenters. The summed E-state index contributed by atoms with van der Waals surface area (Å²) in [4.78, 5) is 12.6. The maximum absolute atomic E-state index is 11.1. The van der Waals surface area contributed by atoms with Gasteiger partial charge in [0.25, 0.3) is 5.69 Å². The van der Waals surface area contributed by atoms with E-state index < -0.39 is 10.6 Å². The van der Waals surface area contributed by atoms with Crippen LogP contribution in [0, 0.1) is 10.1 Å². The molecule has 128 valence electrons. The van der Waals surface area contributed by atoms with Gasteiger partial charge in [0.05, 0.1) is 11.0 Å². The largest absolute Gasteiger partial charge is 0.467 e. The Morgan fingerprint density at radius 3 is 2.76 bits per heavy atom. The minimum Gasteiger partial charge on any atom is -0.467 e. The zero-order valence-electron chi connectivity index (χ0n) is 13.2. The van der Waals surface area contributed by atoms with Crippen molar-refractivity contribution in [2.75, 3.05) is 4.90 Å². The molecule has 2 atom stereocenters. The summed E-state index contributed by atoms with van der Waals surface area (Å²) in [5.41, 5.74) is 0.973. The van der Waals surface area contributed by atoms with Gasteiger partial charge in [0.2, 0.25) is 0 Å². The molecule has 2 aliphatic rings. The summed E-state index contributed by atoms with van der Waals surface area (Å²) in [6.45, 7) is 1.96. The van der Waals surface area contributed by atoms with Crippen LogP contribution in [-0.2, 0) is 0 Å². The standard InChI is InChI=1S/C17H14ClN3O3S/c1-17-9-14(13-8-12(21(22)23)6-7-15(13)24-17)19-16(25)20(17)11-4-2-10(18)3-5-11/h2-8,14H,9H2,1H3,(H,19,25)/t14-,17-/m0/s1. The summed E-state index contributed by atoms with van der Waals surface area (Å²) in [6, 6.07) is 11.9. The van der Waals surface area contributed by atoms with Gasteiger partial charge < -0.3 is 10.1 Å². The molecule has 8 heteroatoms. The maximum Gasteiger partial charge on any atom is 0.270 e. The first-order valence-electron chi connectivity index (χ1n) is 7.71. The highest BCUT2D eigenvalue weighted by Gasteiger charge is 2.48. The number of nitro benzene ring substituents is 1. The quantitative estimate of drug-likeness (QED) is 0.482. The van der Waals surface area contributed by atoms with Crippen molar-refractivity contribution < 1.29 is 9.66 Å². The molecule has 2 aromatic rings. The van der Waals surface area contributed by atoms with Crippen LogP contribution in [0.3, 0.4) is 0 Å². The Morgan fingerprint density at radius 2 is 2.08 bits per heavy atom. The summed E-state index contributed by atoms with van der Waals surface area (Å²) in [7, 11) is 0. The number of hydrogen-bond donors (Lipinski definition) is 1. The van der Waals surface area contributed by atoms with Crippen LogP contribution in [0.5, 0.6) is 5.75 Å². The van der Waals surface area contributed by atoms with Gasteiger partial charge in [-0.1, -0.05) is 11.6 Å². The van der Waals surface area contributed by atoms with Gasteiger partial charge in [-0.2, -0.15) is 0 Å². The Hall–Kier alpha value is -2.38. The number of nitro groups is 1. The van der Waals surface area contributed by atoms with Crippen LogP contribution in [-0.4, -0.2) is 15.8 Å². The Morgan fingerprint density at radius 1 is 1.36 bits per heavy atom. The second-order valence-corrected chi connectivity index (χ2v) is 7.10. The van der Waals surface area contributed by atoms with E-state index in [-0.39, 0.29) is 11.7 Å². The molecule has 2 aromatic carbocycles. The summed E-state index contributed by atoms with van der Waals surface area (Å²) in [5, 5.41) is 15.5. The van der Waals surface area contributed by atoms with Crippen molar-refractivity contribution in [3.8, 4) is 5.75 Å². The molecule has 0 aromatic heterocycles. The van der Waals surface area contributed by atoms with Crippen LogP contribution < -0.4 is 15.0 Å². The minimum atomic E-state index is -0.691. The predicted molar refractivity (Wildman–Crippen MR) is 99.2 cm³/mol. The highest BCUT2D eigenvalue weighted by Crippen LogP contribution is 2.46. The second-order valence-electron chi connectivity index (χ2n) is 6.27. The van der Waals surface area contributed by atoms with Crippen molar-refractivity contribution >= 4 is 40.3 Å². The lowest BCUT2D eigenvalue weighted by atomic mass is 9.90. The van der Waals surface area contributed by atoms with E-state index in [1.165, 1.54) is 6.07 Å². The van der Waals surface area contributed by atoms with Gasteiger partial charge >= 0.3 is 0 Å². The van der Waals surface area contributed by atoms with Crippen molar-refractivity contribution in [2.45, 2.75) is 25.1 Å². The number of ether oxygens (including phenoxy) is 1. The number of nitrogens with zero attached hydrogens (tertiary/aromatic N) is 2. The molecular weight excluding hydrogens is 362 g/mol. The Kier molecular flexibility index (Phi) is 3.59. The molecule has 2 aliphatic heterocycles. The molecular formula is C17H14ClN3O3S. The van der Waals surface area contributed by atoms with Crippen molar-refractivity contribution in [3.05, 3.63) is 63.2 Å². The third-order valence-corrected chi connectivity index (χ3v) is 5.10. The van der Waals surface area contributed by atoms with Gasteiger partial charge in [0, 0.05) is 34.8 Å². The van der Waals surface area contributed by atoms with Crippen LogP contribution in [0.1, 0.15) is 24.9 Å². The number of rotatable bonds is 2. The number of thiocarbonyl (C=S) groups is 1. The molecule has 2 heterocycles. The van der Waals surface area contributed by atoms with Crippen LogP contribution in [0.2, 0.25) is 5.02 Å². The summed E-state index contributed by atoms with van der Waals surface area (Å²) in [5.74, 6) is 0.623. The number of non-ortho nitro benzene ring substituents is 1. The first kappa shape index (κ1) is 16.1. The lowest BCUT2D eigenvalue weighted by Gasteiger charge is -2.52. The van der Waals surface area contributed by atoms with E-state index in [1.54, 1.807) is 24.3 Å². The van der Waals surface area contributed by atoms with E-state index in [9.17, 15) is 10.1 Å². The first-order chi connectivity index (χ1) is 11.9. The van der Waals surface area contributed by atoms with Gasteiger partial charge in [-0.05, 0) is 49.5 Å². The molecule has 0 radical (unpaired) electrons. The fourth-order valence-electron chi connectivity index (χ4n) is 3.46. The summed E-state index contributed by atoms with van der Waals surface area (Å²) >= 11 is 11.5. The normalized spacial score (nSPS) is 24.2. The Balaban J connectivity index is 1.77. The number of halogens is 1. The van der Waals surface area contributed by atoms with Crippen molar-refractivity contribution in [3.63, 3.8) is 0 Å². The summed E-state index contributed by atoms with van der Waals surface area (Å²) < 4.78 is 6.24. The van der Waals surface area contributed by atoms with Gasteiger partial charge in [-0.15, -0.1) is 0 Å². The van der Waals surface area contributed by atoms with Crippen LogP contribution in [0.15, 0.2) is 42.5 Å². The number of hydrogen-bond acceptors (Lipinski definition) is 4. The van der Waals surface area contributed by atoms with Crippen molar-refractivity contribution in [2.24, 2.45) is 0 Å². The molecule has 2 bridgehead atoms. The Bertz CT molecular complexity index is 889. The highest BCUT2D eigenvalue weighted by molar-refractivity contribution is 7.80. The number of fused-ring (bicyclic) bond motifs is 4. The van der Waals surface area contributed by atoms with Gasteiger partial charge in [-0.25, -0.2) is 0 Å². The second kappa shape index (κ2) is 5.57. The zero-order chi connectivity index (χ0) is 17.8.